The molecule has 0 heterocycles. The van der Waals surface area contributed by atoms with Crippen LogP contribution in [0.2, 0.25) is 0 Å². The van der Waals surface area contributed by atoms with E-state index in [0.717, 1.165) is 22.4 Å². The van der Waals surface area contributed by atoms with Gasteiger partial charge in [-0.2, -0.15) is 0 Å². The Bertz CT molecular complexity index is 627. The van der Waals surface area contributed by atoms with Crippen LogP contribution in [0.5, 0.6) is 5.75 Å². The third-order valence-corrected chi connectivity index (χ3v) is 3.05. The van der Waals surface area contributed by atoms with Gasteiger partial charge in [0.1, 0.15) is 5.75 Å². The third-order valence-electron chi connectivity index (χ3n) is 3.05. The number of carbonyl (C=O) groups excluding carboxylic acids is 1. The van der Waals surface area contributed by atoms with Crippen LogP contribution in [0.1, 0.15) is 12.5 Å². The number of hydrogen-bond acceptors (Lipinski definition) is 3. The summed E-state index contributed by atoms with van der Waals surface area (Å²) in [5, 5.41) is 0. The minimum absolute atomic E-state index is 0.331. The number of rotatable bonds is 5. The molecule has 3 heteroatoms. The highest BCUT2D eigenvalue weighted by Crippen LogP contribution is 2.26. The van der Waals surface area contributed by atoms with E-state index in [1.807, 2.05) is 48.5 Å². The van der Waals surface area contributed by atoms with Crippen molar-refractivity contribution < 1.29 is 14.3 Å². The van der Waals surface area contributed by atoms with Gasteiger partial charge in [-0.3, -0.25) is 0 Å². The SMILES string of the molecule is CCOC(=O)/C=C/c1ccccc1-c1ccc(OC)cc1. The maximum atomic E-state index is 11.4. The quantitative estimate of drug-likeness (QED) is 0.615. The molecule has 0 aliphatic carbocycles. The monoisotopic (exact) mass is 282 g/mol. The van der Waals surface area contributed by atoms with E-state index in [-0.39, 0.29) is 5.97 Å². The van der Waals surface area contributed by atoms with Gasteiger partial charge < -0.3 is 9.47 Å². The van der Waals surface area contributed by atoms with Crippen LogP contribution in [0.25, 0.3) is 17.2 Å². The summed E-state index contributed by atoms with van der Waals surface area (Å²) in [7, 11) is 1.64. The van der Waals surface area contributed by atoms with Crippen LogP contribution in [-0.4, -0.2) is 19.7 Å². The zero-order valence-corrected chi connectivity index (χ0v) is 12.2. The maximum Gasteiger partial charge on any atom is 0.330 e. The molecule has 0 saturated carbocycles. The van der Waals surface area contributed by atoms with Gasteiger partial charge in [0.25, 0.3) is 0 Å². The molecule has 2 aromatic rings. The van der Waals surface area contributed by atoms with Gasteiger partial charge in [0.2, 0.25) is 0 Å². The first kappa shape index (κ1) is 14.9. The first-order valence-corrected chi connectivity index (χ1v) is 6.83. The third kappa shape index (κ3) is 3.96. The molecule has 0 atom stereocenters. The van der Waals surface area contributed by atoms with Crippen LogP contribution in [0.4, 0.5) is 0 Å². The fourth-order valence-electron chi connectivity index (χ4n) is 2.02. The van der Waals surface area contributed by atoms with Gasteiger partial charge >= 0.3 is 5.97 Å². The molecule has 0 N–H and O–H groups in total. The molecule has 0 spiro atoms. The second kappa shape index (κ2) is 7.29. The molecule has 2 rings (SSSR count). The Morgan fingerprint density at radius 1 is 1.10 bits per heavy atom. The van der Waals surface area contributed by atoms with Gasteiger partial charge in [0.05, 0.1) is 13.7 Å². The molecule has 0 fully saturated rings. The molecule has 108 valence electrons. The summed E-state index contributed by atoms with van der Waals surface area (Å²) in [6.45, 7) is 2.17. The normalized spacial score (nSPS) is 10.6. The van der Waals surface area contributed by atoms with Crippen LogP contribution >= 0.6 is 0 Å². The van der Waals surface area contributed by atoms with Crippen LogP contribution < -0.4 is 4.74 Å². The molecule has 0 saturated heterocycles. The van der Waals surface area contributed by atoms with Gasteiger partial charge in [0.15, 0.2) is 0 Å². The average molecular weight is 282 g/mol. The number of esters is 1. The summed E-state index contributed by atoms with van der Waals surface area (Å²) in [6.07, 6.45) is 3.23. The first-order valence-electron chi connectivity index (χ1n) is 6.83. The number of methoxy groups -OCH3 is 1. The van der Waals surface area contributed by atoms with Crippen molar-refractivity contribution in [3.05, 3.63) is 60.2 Å². The molecule has 21 heavy (non-hydrogen) atoms. The fourth-order valence-corrected chi connectivity index (χ4v) is 2.02. The Morgan fingerprint density at radius 2 is 1.81 bits per heavy atom. The summed E-state index contributed by atoms with van der Waals surface area (Å²) in [6, 6.07) is 15.7. The van der Waals surface area contributed by atoms with Crippen molar-refractivity contribution in [1.82, 2.24) is 0 Å². The van der Waals surface area contributed by atoms with Gasteiger partial charge in [-0.05, 0) is 41.8 Å². The number of hydrogen-bond donors (Lipinski definition) is 0. The van der Waals surface area contributed by atoms with Crippen molar-refractivity contribution in [3.63, 3.8) is 0 Å². The molecular weight excluding hydrogens is 264 g/mol. The van der Waals surface area contributed by atoms with Gasteiger partial charge in [-0.15, -0.1) is 0 Å². The molecule has 0 aromatic heterocycles. The largest absolute Gasteiger partial charge is 0.497 e. The van der Waals surface area contributed by atoms with E-state index >= 15 is 0 Å². The van der Waals surface area contributed by atoms with Crippen molar-refractivity contribution in [2.24, 2.45) is 0 Å². The predicted molar refractivity (Wildman–Crippen MR) is 84.1 cm³/mol. The van der Waals surface area contributed by atoms with Crippen molar-refractivity contribution in [2.45, 2.75) is 6.92 Å². The average Bonchev–Trinajstić information content (AvgIpc) is 2.54. The van der Waals surface area contributed by atoms with Crippen molar-refractivity contribution in [2.75, 3.05) is 13.7 Å². The smallest absolute Gasteiger partial charge is 0.330 e. The summed E-state index contributed by atoms with van der Waals surface area (Å²) in [4.78, 5) is 11.4. The van der Waals surface area contributed by atoms with E-state index in [4.69, 9.17) is 9.47 Å². The van der Waals surface area contributed by atoms with Crippen molar-refractivity contribution >= 4 is 12.0 Å². The Kier molecular flexibility index (Phi) is 5.16. The van der Waals surface area contributed by atoms with Crippen LogP contribution in [-0.2, 0) is 9.53 Å². The molecule has 0 radical (unpaired) electrons. The Balaban J connectivity index is 2.29. The second-order valence-electron chi connectivity index (χ2n) is 4.40. The van der Waals surface area contributed by atoms with Crippen molar-refractivity contribution in [1.29, 1.82) is 0 Å². The minimum Gasteiger partial charge on any atom is -0.497 e. The second-order valence-corrected chi connectivity index (χ2v) is 4.40. The van der Waals surface area contributed by atoms with Crippen LogP contribution in [0, 0.1) is 0 Å². The molecule has 0 aliphatic heterocycles. The molecule has 0 bridgehead atoms. The summed E-state index contributed by atoms with van der Waals surface area (Å²) in [5.41, 5.74) is 3.09. The number of carbonyl (C=O) groups is 1. The van der Waals surface area contributed by atoms with Gasteiger partial charge in [-0.25, -0.2) is 4.79 Å². The zero-order valence-electron chi connectivity index (χ0n) is 12.2. The summed E-state index contributed by atoms with van der Waals surface area (Å²) >= 11 is 0. The highest BCUT2D eigenvalue weighted by atomic mass is 16.5. The summed E-state index contributed by atoms with van der Waals surface area (Å²) in [5.74, 6) is 0.486. The lowest BCUT2D eigenvalue weighted by molar-refractivity contribution is -0.137. The van der Waals surface area contributed by atoms with E-state index < -0.39 is 0 Å². The Hall–Kier alpha value is -2.55. The van der Waals surface area contributed by atoms with Crippen LogP contribution in [0.3, 0.4) is 0 Å². The highest BCUT2D eigenvalue weighted by Gasteiger charge is 2.03. The number of ether oxygens (including phenoxy) is 2. The van der Waals surface area contributed by atoms with Crippen molar-refractivity contribution in [3.8, 4) is 16.9 Å². The molecular formula is C18H18O3. The minimum atomic E-state index is -0.331. The van der Waals surface area contributed by atoms with E-state index in [0.29, 0.717) is 6.61 Å². The van der Waals surface area contributed by atoms with E-state index in [1.54, 1.807) is 20.1 Å². The Morgan fingerprint density at radius 3 is 2.48 bits per heavy atom. The standard InChI is InChI=1S/C18H18O3/c1-3-21-18(19)13-10-14-6-4-5-7-17(14)15-8-11-16(20-2)12-9-15/h4-13H,3H2,1-2H3/b13-10+. The molecule has 2 aromatic carbocycles. The van der Waals surface area contributed by atoms with Crippen LogP contribution in [0.15, 0.2) is 54.6 Å². The highest BCUT2D eigenvalue weighted by molar-refractivity contribution is 5.89. The lowest BCUT2D eigenvalue weighted by Crippen LogP contribution is -1.98. The van der Waals surface area contributed by atoms with Gasteiger partial charge in [0, 0.05) is 6.08 Å². The van der Waals surface area contributed by atoms with E-state index in [1.165, 1.54) is 6.08 Å². The molecule has 3 nitrogen and oxygen atoms in total. The molecule has 0 amide bonds. The number of benzene rings is 2. The molecule has 0 unspecified atom stereocenters. The summed E-state index contributed by atoms with van der Waals surface area (Å²) < 4.78 is 10.1. The van der Waals surface area contributed by atoms with E-state index in [9.17, 15) is 4.79 Å². The lowest BCUT2D eigenvalue weighted by atomic mass is 9.99. The zero-order chi connectivity index (χ0) is 15.1. The topological polar surface area (TPSA) is 35.5 Å². The van der Waals surface area contributed by atoms with E-state index in [2.05, 4.69) is 0 Å². The lowest BCUT2D eigenvalue weighted by Gasteiger charge is -2.07. The predicted octanol–water partition coefficient (Wildman–Crippen LogP) is 3.94. The Labute approximate surface area is 124 Å². The fraction of sp³-hybridized carbons (Fsp3) is 0.167. The van der Waals surface area contributed by atoms with Gasteiger partial charge in [-0.1, -0.05) is 36.4 Å². The first-order chi connectivity index (χ1) is 10.2. The maximum absolute atomic E-state index is 11.4. The molecule has 0 aliphatic rings.